The van der Waals surface area contributed by atoms with Crippen LogP contribution in [0.5, 0.6) is 0 Å². The van der Waals surface area contributed by atoms with Crippen molar-refractivity contribution in [2.75, 3.05) is 19.6 Å². The molecule has 0 amide bonds. The van der Waals surface area contributed by atoms with Crippen LogP contribution < -0.4 is 5.32 Å². The van der Waals surface area contributed by atoms with Crippen LogP contribution in [0.25, 0.3) is 0 Å². The average Bonchev–Trinajstić information content (AvgIpc) is 2.95. The van der Waals surface area contributed by atoms with Gasteiger partial charge in [-0.2, -0.15) is 18.3 Å². The molecule has 0 spiro atoms. The van der Waals surface area contributed by atoms with Crippen LogP contribution in [0, 0.1) is 11.3 Å². The maximum Gasteiger partial charge on any atom is 0.246 e. The van der Waals surface area contributed by atoms with Crippen molar-refractivity contribution in [3.05, 3.63) is 18.2 Å². The first-order chi connectivity index (χ1) is 9.64. The molecule has 1 aromatic rings. The summed E-state index contributed by atoms with van der Waals surface area (Å²) in [6, 6.07) is 6.19. The molecule has 20 heavy (non-hydrogen) atoms. The van der Waals surface area contributed by atoms with E-state index in [0.29, 0.717) is 24.5 Å². The van der Waals surface area contributed by atoms with E-state index in [1.807, 2.05) is 6.07 Å². The average molecular weight is 309 g/mol. The zero-order valence-electron chi connectivity index (χ0n) is 10.4. The molecule has 2 aliphatic heterocycles. The third-order valence-electron chi connectivity index (χ3n) is 3.18. The third-order valence-corrected chi connectivity index (χ3v) is 5.66. The second-order valence-corrected chi connectivity index (χ2v) is 6.74. The fraction of sp³-hybridized carbons (Fsp3) is 0.364. The molecule has 7 nitrogen and oxygen atoms in total. The number of hydrogen-bond acceptors (Lipinski definition) is 6. The van der Waals surface area contributed by atoms with Gasteiger partial charge in [0.05, 0.1) is 17.4 Å². The van der Waals surface area contributed by atoms with Crippen molar-refractivity contribution < 1.29 is 8.42 Å². The van der Waals surface area contributed by atoms with E-state index in [2.05, 4.69) is 14.0 Å². The Morgan fingerprint density at radius 2 is 2.30 bits per heavy atom. The lowest BCUT2D eigenvalue weighted by Gasteiger charge is -2.31. The molecule has 1 atom stereocenters. The minimum atomic E-state index is -3.74. The van der Waals surface area contributed by atoms with Gasteiger partial charge in [0, 0.05) is 19.6 Å². The van der Waals surface area contributed by atoms with Crippen LogP contribution >= 0.6 is 0 Å². The molecule has 0 saturated carbocycles. The number of nitrogens with zero attached hydrogens (tertiary/aromatic N) is 4. The normalized spacial score (nSPS) is 22.1. The molecule has 0 radical (unpaired) electrons. The molecule has 2 aliphatic rings. The maximum absolute atomic E-state index is 12.8. The van der Waals surface area contributed by atoms with Crippen molar-refractivity contribution in [2.24, 2.45) is 8.73 Å². The van der Waals surface area contributed by atoms with Crippen LogP contribution in [-0.2, 0) is 21.4 Å². The summed E-state index contributed by atoms with van der Waals surface area (Å²) in [5.74, 6) is 0. The second kappa shape index (κ2) is 5.06. The van der Waals surface area contributed by atoms with E-state index in [-0.39, 0.29) is 11.4 Å². The lowest BCUT2D eigenvalue weighted by atomic mass is 10.3. The Morgan fingerprint density at radius 3 is 3.10 bits per heavy atom. The topological polar surface area (TPSA) is 97.9 Å². The van der Waals surface area contributed by atoms with Gasteiger partial charge in [-0.25, -0.2) is 8.42 Å². The number of fused-ring (bicyclic) bond motifs is 1. The van der Waals surface area contributed by atoms with Crippen LogP contribution in [0.15, 0.2) is 31.8 Å². The molecule has 2 heterocycles. The standard InChI is InChI=1S/C11H11N5O2S2/c12-6-8-7-13-4-5-16(8)20(17,18)10-3-1-2-9-11(10)15-19-14-9/h1-3,8,13H,4-5,7H2. The summed E-state index contributed by atoms with van der Waals surface area (Å²) in [7, 11) is -3.74. The first-order valence-corrected chi connectivity index (χ1v) is 8.15. The Bertz CT molecular complexity index is 762. The number of sulfonamides is 1. The van der Waals surface area contributed by atoms with Gasteiger partial charge in [-0.1, -0.05) is 6.07 Å². The number of benzene rings is 1. The van der Waals surface area contributed by atoms with Gasteiger partial charge in [0.25, 0.3) is 0 Å². The van der Waals surface area contributed by atoms with Crippen molar-refractivity contribution in [3.8, 4) is 6.07 Å². The lowest BCUT2D eigenvalue weighted by Crippen LogP contribution is -2.52. The molecule has 0 aliphatic carbocycles. The summed E-state index contributed by atoms with van der Waals surface area (Å²) in [5.41, 5.74) is 0.924. The molecule has 1 N–H and O–H groups in total. The molecule has 0 aromatic heterocycles. The van der Waals surface area contributed by atoms with E-state index in [9.17, 15) is 8.42 Å². The summed E-state index contributed by atoms with van der Waals surface area (Å²) < 4.78 is 34.8. The highest BCUT2D eigenvalue weighted by Crippen LogP contribution is 2.38. The molecular weight excluding hydrogens is 298 g/mol. The number of nitrogens with one attached hydrogen (secondary N) is 1. The quantitative estimate of drug-likeness (QED) is 0.891. The van der Waals surface area contributed by atoms with E-state index >= 15 is 0 Å². The number of rotatable bonds is 2. The van der Waals surface area contributed by atoms with E-state index in [1.165, 1.54) is 10.4 Å². The second-order valence-electron chi connectivity index (χ2n) is 4.35. The first-order valence-electron chi connectivity index (χ1n) is 5.98. The van der Waals surface area contributed by atoms with Crippen LogP contribution in [0.3, 0.4) is 0 Å². The largest absolute Gasteiger partial charge is 0.313 e. The first kappa shape index (κ1) is 13.4. The minimum Gasteiger partial charge on any atom is -0.313 e. The smallest absolute Gasteiger partial charge is 0.246 e. The molecule has 1 fully saturated rings. The Balaban J connectivity index is 2.07. The van der Waals surface area contributed by atoms with Crippen molar-refractivity contribution in [1.29, 1.82) is 5.26 Å². The fourth-order valence-electron chi connectivity index (χ4n) is 2.20. The minimum absolute atomic E-state index is 0.117. The van der Waals surface area contributed by atoms with Crippen LogP contribution in [-0.4, -0.2) is 38.4 Å². The van der Waals surface area contributed by atoms with Gasteiger partial charge < -0.3 is 5.32 Å². The molecule has 1 saturated heterocycles. The fourth-order valence-corrected chi connectivity index (χ4v) is 4.49. The summed E-state index contributed by atoms with van der Waals surface area (Å²) >= 11 is 0.976. The maximum atomic E-state index is 12.8. The monoisotopic (exact) mass is 309 g/mol. The van der Waals surface area contributed by atoms with Crippen molar-refractivity contribution in [1.82, 2.24) is 9.62 Å². The van der Waals surface area contributed by atoms with Crippen molar-refractivity contribution >= 4 is 32.8 Å². The predicted molar refractivity (Wildman–Crippen MR) is 74.1 cm³/mol. The van der Waals surface area contributed by atoms with E-state index in [0.717, 1.165) is 11.4 Å². The lowest BCUT2D eigenvalue weighted by molar-refractivity contribution is 0.312. The molecule has 1 aromatic carbocycles. The van der Waals surface area contributed by atoms with Crippen LogP contribution in [0.4, 0.5) is 11.4 Å². The molecule has 0 bridgehead atoms. The van der Waals surface area contributed by atoms with Gasteiger partial charge in [-0.3, -0.25) is 0 Å². The highest BCUT2D eigenvalue weighted by Gasteiger charge is 2.35. The van der Waals surface area contributed by atoms with Crippen molar-refractivity contribution in [3.63, 3.8) is 0 Å². The Hall–Kier alpha value is -1.60. The van der Waals surface area contributed by atoms with E-state index < -0.39 is 16.1 Å². The predicted octanol–water partition coefficient (Wildman–Crippen LogP) is 0.899. The Labute approximate surface area is 120 Å². The molecular formula is C11H11N5O2S2. The van der Waals surface area contributed by atoms with Gasteiger partial charge in [0.1, 0.15) is 22.3 Å². The summed E-state index contributed by atoms with van der Waals surface area (Å²) in [6.45, 7) is 1.14. The van der Waals surface area contributed by atoms with E-state index in [4.69, 9.17) is 5.26 Å². The summed E-state index contributed by atoms with van der Waals surface area (Å²) in [4.78, 5) is 0.117. The highest BCUT2D eigenvalue weighted by atomic mass is 32.2. The number of piperazine rings is 1. The number of hydrogen-bond donors (Lipinski definition) is 1. The summed E-state index contributed by atoms with van der Waals surface area (Å²) in [5, 5.41) is 12.1. The van der Waals surface area contributed by atoms with Crippen LogP contribution in [0.1, 0.15) is 0 Å². The van der Waals surface area contributed by atoms with E-state index in [1.54, 1.807) is 12.1 Å². The van der Waals surface area contributed by atoms with Gasteiger partial charge in [-0.05, 0) is 12.1 Å². The SMILES string of the molecule is N#CC1CNCCN1S(=O)(=O)c1cccc2c1N=S=N2. The molecule has 9 heteroatoms. The highest BCUT2D eigenvalue weighted by molar-refractivity contribution is 7.89. The Morgan fingerprint density at radius 1 is 1.45 bits per heavy atom. The van der Waals surface area contributed by atoms with Crippen LogP contribution in [0.2, 0.25) is 0 Å². The van der Waals surface area contributed by atoms with Gasteiger partial charge >= 0.3 is 0 Å². The van der Waals surface area contributed by atoms with Gasteiger partial charge in [0.15, 0.2) is 0 Å². The third kappa shape index (κ3) is 2.06. The number of nitriles is 1. The van der Waals surface area contributed by atoms with Gasteiger partial charge in [-0.15, -0.1) is 0 Å². The van der Waals surface area contributed by atoms with Crippen molar-refractivity contribution in [2.45, 2.75) is 10.9 Å². The Kier molecular flexibility index (Phi) is 3.39. The zero-order valence-corrected chi connectivity index (χ0v) is 12.0. The summed E-state index contributed by atoms with van der Waals surface area (Å²) in [6.07, 6.45) is 0. The molecule has 1 unspecified atom stereocenters. The van der Waals surface area contributed by atoms with Gasteiger partial charge in [0.2, 0.25) is 10.0 Å². The molecule has 3 rings (SSSR count). The zero-order chi connectivity index (χ0) is 14.2. The molecule has 104 valence electrons.